The number of hydrogen-bond donors (Lipinski definition) is 2. The summed E-state index contributed by atoms with van der Waals surface area (Å²) in [5, 5.41) is 23.3. The molecular weight excluding hydrogens is 708 g/mol. The lowest BCUT2D eigenvalue weighted by Gasteiger charge is -2.15. The van der Waals surface area contributed by atoms with Gasteiger partial charge < -0.3 is 34.2 Å². The average Bonchev–Trinajstić information content (AvgIpc) is 3.41. The molecule has 0 aliphatic rings. The maximum atomic E-state index is 12.3. The number of rotatable bonds is 22. The Morgan fingerprint density at radius 2 is 1.52 bits per heavy atom. The molecular formula is C32H41ClN8O11. The first-order chi connectivity index (χ1) is 25.0. The normalized spacial score (nSPS) is 11.1. The molecule has 0 spiro atoms. The number of carbonyl (C=O) groups is 2. The first-order valence-corrected chi connectivity index (χ1v) is 16.7. The molecule has 20 heteroatoms. The van der Waals surface area contributed by atoms with Crippen molar-refractivity contribution in [2.45, 2.75) is 65.0 Å². The summed E-state index contributed by atoms with van der Waals surface area (Å²) in [6.07, 6.45) is 1.89. The fourth-order valence-electron chi connectivity index (χ4n) is 4.73. The van der Waals surface area contributed by atoms with Crippen molar-refractivity contribution in [3.05, 3.63) is 96.6 Å². The van der Waals surface area contributed by atoms with Gasteiger partial charge in [0.15, 0.2) is 11.0 Å². The average molecular weight is 749 g/mol. The van der Waals surface area contributed by atoms with Crippen molar-refractivity contribution in [2.24, 2.45) is 16.7 Å². The van der Waals surface area contributed by atoms with E-state index in [0.717, 1.165) is 35.4 Å². The van der Waals surface area contributed by atoms with Gasteiger partial charge in [0.1, 0.15) is 12.4 Å². The van der Waals surface area contributed by atoms with E-state index in [2.05, 4.69) is 26.7 Å². The molecule has 1 aromatic heterocycles. The zero-order valence-electron chi connectivity index (χ0n) is 28.5. The molecule has 0 saturated heterocycles. The Labute approximate surface area is 303 Å². The summed E-state index contributed by atoms with van der Waals surface area (Å²) in [5.74, 6) is 6.45. The fraction of sp³-hybridized carbons (Fsp3) is 0.438. The minimum absolute atomic E-state index is 0.00589. The third kappa shape index (κ3) is 13.6. The van der Waals surface area contributed by atoms with Gasteiger partial charge in [-0.15, -0.1) is 30.4 Å². The molecule has 52 heavy (non-hydrogen) atoms. The highest BCUT2D eigenvalue weighted by Gasteiger charge is 2.19. The first-order valence-electron chi connectivity index (χ1n) is 16.3. The van der Waals surface area contributed by atoms with Gasteiger partial charge in [-0.3, -0.25) is 0 Å². The van der Waals surface area contributed by atoms with Crippen LogP contribution in [0.25, 0.3) is 11.1 Å². The van der Waals surface area contributed by atoms with Crippen LogP contribution in [0, 0.1) is 20.2 Å². The van der Waals surface area contributed by atoms with Gasteiger partial charge in [-0.05, 0) is 48.8 Å². The SMILES string of the molecule is CCCCc1nc(Cl)c(COC(=O)OCCCCO[N+](=O)[O-])n1Cc1ccc(-c2ccccc2/C(N)=N/N(N)C(=O)OCCCCO[N+](=O)[O-])cc1. The van der Waals surface area contributed by atoms with Crippen LogP contribution in [0.4, 0.5) is 9.59 Å². The number of carbonyl (C=O) groups excluding carboxylic acids is 2. The van der Waals surface area contributed by atoms with Gasteiger partial charge >= 0.3 is 12.2 Å². The Morgan fingerprint density at radius 3 is 2.15 bits per heavy atom. The zero-order valence-corrected chi connectivity index (χ0v) is 29.3. The number of imidazole rings is 1. The molecule has 3 aromatic rings. The molecule has 1 heterocycles. The molecule has 0 aliphatic carbocycles. The van der Waals surface area contributed by atoms with Crippen LogP contribution < -0.4 is 11.6 Å². The number of unbranched alkanes of at least 4 members (excludes halogenated alkanes) is 3. The van der Waals surface area contributed by atoms with Crippen molar-refractivity contribution < 1.29 is 43.6 Å². The van der Waals surface area contributed by atoms with Crippen LogP contribution in [0.3, 0.4) is 0 Å². The second kappa shape index (κ2) is 21.5. The Balaban J connectivity index is 1.67. The quantitative estimate of drug-likeness (QED) is 0.0197. The van der Waals surface area contributed by atoms with E-state index >= 15 is 0 Å². The number of aryl methyl sites for hydroxylation is 1. The summed E-state index contributed by atoms with van der Waals surface area (Å²) >= 11 is 6.50. The second-order valence-corrected chi connectivity index (χ2v) is 11.4. The summed E-state index contributed by atoms with van der Waals surface area (Å²) in [6, 6.07) is 14.8. The molecule has 3 rings (SSSR count). The summed E-state index contributed by atoms with van der Waals surface area (Å²) in [7, 11) is 0. The van der Waals surface area contributed by atoms with Gasteiger partial charge in [0.25, 0.3) is 10.2 Å². The number of hydrazone groups is 1. The molecule has 1 amide bonds. The van der Waals surface area contributed by atoms with Crippen LogP contribution in [0.5, 0.6) is 0 Å². The zero-order chi connectivity index (χ0) is 37.9. The maximum absolute atomic E-state index is 12.3. The van der Waals surface area contributed by atoms with Crippen LogP contribution in [-0.4, -0.2) is 69.4 Å². The number of halogens is 1. The van der Waals surface area contributed by atoms with Crippen molar-refractivity contribution in [3.8, 4) is 11.1 Å². The molecule has 0 fully saturated rings. The summed E-state index contributed by atoms with van der Waals surface area (Å²) < 4.78 is 17.3. The monoisotopic (exact) mass is 748 g/mol. The number of amidine groups is 1. The molecule has 0 saturated carbocycles. The van der Waals surface area contributed by atoms with E-state index in [9.17, 15) is 29.8 Å². The van der Waals surface area contributed by atoms with Gasteiger partial charge in [0, 0.05) is 18.5 Å². The molecule has 4 N–H and O–H groups in total. The van der Waals surface area contributed by atoms with Crippen LogP contribution >= 0.6 is 11.6 Å². The molecule has 0 bridgehead atoms. The van der Waals surface area contributed by atoms with Crippen molar-refractivity contribution in [3.63, 3.8) is 0 Å². The predicted octanol–water partition coefficient (Wildman–Crippen LogP) is 5.16. The molecule has 0 radical (unpaired) electrons. The minimum Gasteiger partial charge on any atom is -0.447 e. The van der Waals surface area contributed by atoms with Crippen LogP contribution in [0.15, 0.2) is 53.6 Å². The number of nitrogens with zero attached hydrogens (tertiary/aromatic N) is 6. The summed E-state index contributed by atoms with van der Waals surface area (Å²) in [5.41, 5.74) is 9.67. The molecule has 19 nitrogen and oxygen atoms in total. The van der Waals surface area contributed by atoms with Crippen molar-refractivity contribution in [1.82, 2.24) is 14.7 Å². The van der Waals surface area contributed by atoms with E-state index in [0.29, 0.717) is 55.0 Å². The topological polar surface area (TPSA) is 252 Å². The number of benzene rings is 2. The summed E-state index contributed by atoms with van der Waals surface area (Å²) in [4.78, 5) is 57.9. The Hall–Kier alpha value is -5.69. The molecule has 0 unspecified atom stereocenters. The third-order valence-electron chi connectivity index (χ3n) is 7.31. The van der Waals surface area contributed by atoms with Gasteiger partial charge in [-0.2, -0.15) is 0 Å². The van der Waals surface area contributed by atoms with E-state index in [-0.39, 0.29) is 44.0 Å². The van der Waals surface area contributed by atoms with E-state index in [4.69, 9.17) is 37.4 Å². The van der Waals surface area contributed by atoms with Crippen molar-refractivity contribution in [1.29, 1.82) is 0 Å². The van der Waals surface area contributed by atoms with Gasteiger partial charge in [0.05, 0.1) is 32.1 Å². The molecule has 282 valence electrons. The van der Waals surface area contributed by atoms with Gasteiger partial charge in [-0.25, -0.2) is 20.4 Å². The summed E-state index contributed by atoms with van der Waals surface area (Å²) in [6.45, 7) is 1.99. The highest BCUT2D eigenvalue weighted by molar-refractivity contribution is 6.30. The van der Waals surface area contributed by atoms with Crippen molar-refractivity contribution >= 4 is 29.7 Å². The van der Waals surface area contributed by atoms with Crippen LogP contribution in [0.2, 0.25) is 5.15 Å². The smallest absolute Gasteiger partial charge is 0.447 e. The number of hydrogen-bond acceptors (Lipinski definition) is 14. The van der Waals surface area contributed by atoms with E-state index in [1.54, 1.807) is 12.1 Å². The van der Waals surface area contributed by atoms with Crippen molar-refractivity contribution in [2.75, 3.05) is 26.4 Å². The lowest BCUT2D eigenvalue weighted by atomic mass is 9.98. The molecule has 0 aliphatic heterocycles. The Morgan fingerprint density at radius 1 is 0.904 bits per heavy atom. The number of amides is 1. The Bertz CT molecular complexity index is 1670. The minimum atomic E-state index is -0.961. The lowest BCUT2D eigenvalue weighted by molar-refractivity contribution is -0.757. The second-order valence-electron chi connectivity index (χ2n) is 11.1. The van der Waals surface area contributed by atoms with E-state index in [1.807, 2.05) is 41.0 Å². The number of hydrazine groups is 1. The highest BCUT2D eigenvalue weighted by atomic mass is 35.5. The van der Waals surface area contributed by atoms with E-state index in [1.165, 1.54) is 0 Å². The Kier molecular flexibility index (Phi) is 16.9. The highest BCUT2D eigenvalue weighted by Crippen LogP contribution is 2.26. The first kappa shape index (κ1) is 40.7. The van der Waals surface area contributed by atoms with Gasteiger partial charge in [0.2, 0.25) is 0 Å². The van der Waals surface area contributed by atoms with Crippen LogP contribution in [0.1, 0.15) is 68.1 Å². The number of aromatic nitrogens is 2. The third-order valence-corrected chi connectivity index (χ3v) is 7.61. The van der Waals surface area contributed by atoms with E-state index < -0.39 is 22.4 Å². The number of nitrogens with two attached hydrogens (primary N) is 2. The molecule has 2 aromatic carbocycles. The fourth-order valence-corrected chi connectivity index (χ4v) is 4.99. The lowest BCUT2D eigenvalue weighted by Crippen LogP contribution is -2.36. The molecule has 0 atom stereocenters. The number of ether oxygens (including phenoxy) is 3. The predicted molar refractivity (Wildman–Crippen MR) is 185 cm³/mol. The maximum Gasteiger partial charge on any atom is 0.508 e. The van der Waals surface area contributed by atoms with Gasteiger partial charge in [-0.1, -0.05) is 73.5 Å². The standard InChI is InChI=1S/C32H41ClN8O11/c1-2-3-12-28-36-29(33)27(22-50-32(43)49-18-7-9-20-52-41(46)47)38(28)21-23-13-15-24(16-14-23)25-10-4-5-11-26(25)30(34)37-39(35)31(42)48-17-6-8-19-51-40(44)45/h4-5,10-11,13-16H,2-3,6-9,12,17-22,35H2,1H3,(H2,34,37). The van der Waals surface area contributed by atoms with Crippen LogP contribution in [-0.2, 0) is 43.5 Å². The largest absolute Gasteiger partial charge is 0.508 e.